The Labute approximate surface area is 120 Å². The van der Waals surface area contributed by atoms with Crippen LogP contribution in [0.5, 0.6) is 0 Å². The van der Waals surface area contributed by atoms with Crippen molar-refractivity contribution in [1.82, 2.24) is 9.80 Å². The van der Waals surface area contributed by atoms with Crippen LogP contribution in [0.3, 0.4) is 0 Å². The van der Waals surface area contributed by atoms with Crippen molar-refractivity contribution in [2.75, 3.05) is 13.1 Å². The molecule has 2 heterocycles. The Bertz CT molecular complexity index is 375. The van der Waals surface area contributed by atoms with Crippen LogP contribution < -0.4 is 0 Å². The number of carbonyl (C=O) groups is 2. The summed E-state index contributed by atoms with van der Waals surface area (Å²) in [6.45, 7) is 7.37. The second kappa shape index (κ2) is 6.12. The maximum Gasteiger partial charge on any atom is 0.308 e. The highest BCUT2D eigenvalue weighted by atomic mass is 16.4. The largest absolute Gasteiger partial charge is 0.481 e. The predicted molar refractivity (Wildman–Crippen MR) is 76.4 cm³/mol. The average Bonchev–Trinajstić information content (AvgIpc) is 2.76. The predicted octanol–water partition coefficient (Wildman–Crippen LogP) is 1.57. The van der Waals surface area contributed by atoms with Crippen molar-refractivity contribution in [2.24, 2.45) is 5.92 Å². The van der Waals surface area contributed by atoms with E-state index in [2.05, 4.69) is 18.7 Å². The number of carbonyl (C=O) groups excluding carboxylic acids is 1. The monoisotopic (exact) mass is 282 g/mol. The Morgan fingerprint density at radius 1 is 1.15 bits per heavy atom. The van der Waals surface area contributed by atoms with Crippen LogP contribution in [0.1, 0.15) is 46.5 Å². The third kappa shape index (κ3) is 2.97. The van der Waals surface area contributed by atoms with Crippen molar-refractivity contribution in [3.8, 4) is 0 Å². The van der Waals surface area contributed by atoms with Gasteiger partial charge in [-0.05, 0) is 46.5 Å². The number of hydrogen-bond donors (Lipinski definition) is 1. The second-order valence-corrected chi connectivity index (χ2v) is 6.36. The minimum Gasteiger partial charge on any atom is -0.481 e. The Balaban J connectivity index is 2.01. The number of nitrogens with zero attached hydrogens (tertiary/aromatic N) is 2. The van der Waals surface area contributed by atoms with E-state index < -0.39 is 11.9 Å². The first-order valence-electron chi connectivity index (χ1n) is 7.70. The second-order valence-electron chi connectivity index (χ2n) is 6.36. The molecule has 5 nitrogen and oxygen atoms in total. The number of likely N-dealkylation sites (tertiary alicyclic amines) is 2. The molecule has 4 atom stereocenters. The van der Waals surface area contributed by atoms with E-state index in [-0.39, 0.29) is 11.9 Å². The summed E-state index contributed by atoms with van der Waals surface area (Å²) in [6, 6.07) is 0.725. The molecule has 0 aromatic rings. The number of rotatable bonds is 3. The summed E-state index contributed by atoms with van der Waals surface area (Å²) in [4.78, 5) is 27.8. The average molecular weight is 282 g/mol. The molecule has 0 aliphatic carbocycles. The van der Waals surface area contributed by atoms with E-state index in [1.165, 1.54) is 0 Å². The van der Waals surface area contributed by atoms with Crippen LogP contribution in [0, 0.1) is 5.92 Å². The first kappa shape index (κ1) is 15.3. The molecule has 3 unspecified atom stereocenters. The third-order valence-electron chi connectivity index (χ3n) is 4.91. The Morgan fingerprint density at radius 3 is 2.30 bits per heavy atom. The number of piperidine rings is 1. The molecule has 114 valence electrons. The summed E-state index contributed by atoms with van der Waals surface area (Å²) in [5.41, 5.74) is 0. The molecule has 2 aliphatic rings. The molecule has 2 aliphatic heterocycles. The van der Waals surface area contributed by atoms with Gasteiger partial charge in [0.15, 0.2) is 0 Å². The van der Waals surface area contributed by atoms with Crippen molar-refractivity contribution in [1.29, 1.82) is 0 Å². The topological polar surface area (TPSA) is 60.9 Å². The van der Waals surface area contributed by atoms with Gasteiger partial charge in [0.25, 0.3) is 0 Å². The van der Waals surface area contributed by atoms with Gasteiger partial charge in [0.2, 0.25) is 5.91 Å². The van der Waals surface area contributed by atoms with Crippen molar-refractivity contribution in [3.05, 3.63) is 0 Å². The molecule has 20 heavy (non-hydrogen) atoms. The van der Waals surface area contributed by atoms with Gasteiger partial charge in [-0.2, -0.15) is 0 Å². The van der Waals surface area contributed by atoms with E-state index in [0.29, 0.717) is 31.6 Å². The Hall–Kier alpha value is -1.10. The van der Waals surface area contributed by atoms with Crippen LogP contribution in [0.15, 0.2) is 0 Å². The lowest BCUT2D eigenvalue weighted by molar-refractivity contribution is -0.147. The van der Waals surface area contributed by atoms with E-state index in [0.717, 1.165) is 19.3 Å². The number of hydrogen-bond acceptors (Lipinski definition) is 3. The number of carboxylic acids is 1. The quantitative estimate of drug-likeness (QED) is 0.853. The summed E-state index contributed by atoms with van der Waals surface area (Å²) in [5, 5.41) is 9.12. The zero-order valence-corrected chi connectivity index (χ0v) is 12.7. The van der Waals surface area contributed by atoms with E-state index in [9.17, 15) is 9.59 Å². The van der Waals surface area contributed by atoms with Gasteiger partial charge in [-0.3, -0.25) is 14.5 Å². The fourth-order valence-corrected chi connectivity index (χ4v) is 3.75. The standard InChI is InChI=1S/C15H26N2O3/c1-10-6-7-11(2)17(10)12(3)14(18)16-8-4-5-13(9-16)15(19)20/h10-13H,4-9H2,1-3H3,(H,19,20)/t10?,11?,12?,13-/m0/s1. The minimum atomic E-state index is -0.780. The highest BCUT2D eigenvalue weighted by molar-refractivity contribution is 5.82. The zero-order valence-electron chi connectivity index (χ0n) is 12.7. The Morgan fingerprint density at radius 2 is 1.75 bits per heavy atom. The van der Waals surface area contributed by atoms with Gasteiger partial charge in [-0.25, -0.2) is 0 Å². The molecule has 0 radical (unpaired) electrons. The molecule has 0 spiro atoms. The smallest absolute Gasteiger partial charge is 0.308 e. The van der Waals surface area contributed by atoms with Crippen molar-refractivity contribution in [2.45, 2.75) is 64.6 Å². The van der Waals surface area contributed by atoms with Gasteiger partial charge in [0.1, 0.15) is 0 Å². The molecule has 0 bridgehead atoms. The number of aliphatic carboxylic acids is 1. The summed E-state index contributed by atoms with van der Waals surface area (Å²) >= 11 is 0. The molecule has 2 saturated heterocycles. The molecule has 2 rings (SSSR count). The van der Waals surface area contributed by atoms with Crippen LogP contribution >= 0.6 is 0 Å². The Kier molecular flexibility index (Phi) is 4.68. The fourth-order valence-electron chi connectivity index (χ4n) is 3.75. The van der Waals surface area contributed by atoms with E-state index in [1.807, 2.05) is 6.92 Å². The lowest BCUT2D eigenvalue weighted by Gasteiger charge is -2.37. The molecular formula is C15H26N2O3. The molecule has 1 N–H and O–H groups in total. The SMILES string of the molecule is CC1CCC(C)N1C(C)C(=O)N1CCC[C@H](C(=O)O)C1. The fraction of sp³-hybridized carbons (Fsp3) is 0.867. The molecule has 0 aromatic heterocycles. The summed E-state index contributed by atoms with van der Waals surface area (Å²) in [6.07, 6.45) is 3.75. The minimum absolute atomic E-state index is 0.0940. The van der Waals surface area contributed by atoms with Gasteiger partial charge in [-0.1, -0.05) is 0 Å². The molecule has 2 fully saturated rings. The van der Waals surface area contributed by atoms with E-state index >= 15 is 0 Å². The highest BCUT2D eigenvalue weighted by Gasteiger charge is 2.37. The van der Waals surface area contributed by atoms with Crippen LogP contribution in [0.25, 0.3) is 0 Å². The summed E-state index contributed by atoms with van der Waals surface area (Å²) < 4.78 is 0. The maximum atomic E-state index is 12.6. The van der Waals surface area contributed by atoms with Gasteiger partial charge >= 0.3 is 5.97 Å². The molecular weight excluding hydrogens is 256 g/mol. The van der Waals surface area contributed by atoms with Gasteiger partial charge in [0.05, 0.1) is 12.0 Å². The summed E-state index contributed by atoms with van der Waals surface area (Å²) in [7, 11) is 0. The van der Waals surface area contributed by atoms with E-state index in [1.54, 1.807) is 4.90 Å². The molecule has 0 aromatic carbocycles. The van der Waals surface area contributed by atoms with Crippen LogP contribution in [0.4, 0.5) is 0 Å². The molecule has 5 heteroatoms. The van der Waals surface area contributed by atoms with Crippen molar-refractivity contribution >= 4 is 11.9 Å². The van der Waals surface area contributed by atoms with Crippen LogP contribution in [-0.4, -0.2) is 58.0 Å². The lowest BCUT2D eigenvalue weighted by atomic mass is 9.97. The number of amides is 1. The van der Waals surface area contributed by atoms with Crippen molar-refractivity contribution in [3.63, 3.8) is 0 Å². The van der Waals surface area contributed by atoms with E-state index in [4.69, 9.17) is 5.11 Å². The molecule has 1 amide bonds. The van der Waals surface area contributed by atoms with Gasteiger partial charge in [-0.15, -0.1) is 0 Å². The first-order chi connectivity index (χ1) is 9.41. The summed E-state index contributed by atoms with van der Waals surface area (Å²) in [5.74, 6) is -1.08. The maximum absolute atomic E-state index is 12.6. The first-order valence-corrected chi connectivity index (χ1v) is 7.70. The van der Waals surface area contributed by atoms with Gasteiger partial charge < -0.3 is 10.0 Å². The zero-order chi connectivity index (χ0) is 14.9. The normalized spacial score (nSPS) is 33.1. The van der Waals surface area contributed by atoms with Crippen molar-refractivity contribution < 1.29 is 14.7 Å². The van der Waals surface area contributed by atoms with Crippen LogP contribution in [-0.2, 0) is 9.59 Å². The third-order valence-corrected chi connectivity index (χ3v) is 4.91. The molecule has 0 saturated carbocycles. The van der Waals surface area contributed by atoms with Gasteiger partial charge in [0, 0.05) is 25.2 Å². The number of carboxylic acid groups (broad SMARTS) is 1. The highest BCUT2D eigenvalue weighted by Crippen LogP contribution is 2.27. The lowest BCUT2D eigenvalue weighted by Crippen LogP contribution is -2.53. The van der Waals surface area contributed by atoms with Crippen LogP contribution in [0.2, 0.25) is 0 Å².